The van der Waals surface area contributed by atoms with Crippen LogP contribution in [-0.2, 0) is 4.79 Å². The van der Waals surface area contributed by atoms with Gasteiger partial charge in [0.2, 0.25) is 0 Å². The molecule has 2 heteroatoms. The van der Waals surface area contributed by atoms with Crippen molar-refractivity contribution >= 4 is 5.78 Å². The van der Waals surface area contributed by atoms with Crippen molar-refractivity contribution in [2.45, 2.75) is 0 Å². The van der Waals surface area contributed by atoms with Crippen LogP contribution in [0.25, 0.3) is 0 Å². The minimum atomic E-state index is -0.116. The fraction of sp³-hybridized carbons (Fsp3) is 0.125. The molecule has 0 aliphatic heterocycles. The van der Waals surface area contributed by atoms with Crippen LogP contribution in [0.5, 0.6) is 0 Å². The van der Waals surface area contributed by atoms with Gasteiger partial charge in [0.25, 0.3) is 0 Å². The first-order valence-corrected chi connectivity index (χ1v) is 2.94. The number of allylic oxidation sites excluding steroid dienone is 3. The van der Waals surface area contributed by atoms with Gasteiger partial charge in [-0.1, -0.05) is 31.4 Å². The van der Waals surface area contributed by atoms with Crippen molar-refractivity contribution < 1.29 is 4.79 Å². The fourth-order valence-corrected chi connectivity index (χ4v) is 0.520. The molecule has 2 N–H and O–H groups in total. The molecule has 0 aliphatic rings. The highest BCUT2D eigenvalue weighted by molar-refractivity contribution is 5.99. The smallest absolute Gasteiger partial charge is 0.176 e. The molecule has 0 spiro atoms. The minimum Gasteiger partial charge on any atom is -0.324 e. The maximum absolute atomic E-state index is 10.8. The Labute approximate surface area is 60.7 Å². The summed E-state index contributed by atoms with van der Waals surface area (Å²) in [5, 5.41) is 0. The first-order valence-electron chi connectivity index (χ1n) is 2.94. The Morgan fingerprint density at radius 2 is 2.10 bits per heavy atom. The summed E-state index contributed by atoms with van der Waals surface area (Å²) >= 11 is 0. The van der Waals surface area contributed by atoms with Crippen molar-refractivity contribution in [1.82, 2.24) is 0 Å². The molecule has 2 nitrogen and oxygen atoms in total. The van der Waals surface area contributed by atoms with E-state index in [0.29, 0.717) is 5.57 Å². The fourth-order valence-electron chi connectivity index (χ4n) is 0.520. The van der Waals surface area contributed by atoms with Crippen LogP contribution in [0.4, 0.5) is 0 Å². The SMILES string of the molecule is C=C/C=C(\C=C)C(=O)CN. The summed E-state index contributed by atoms with van der Waals surface area (Å²) in [7, 11) is 0. The third kappa shape index (κ3) is 2.42. The molecule has 0 bridgehead atoms. The number of ketones is 1. The molecular weight excluding hydrogens is 126 g/mol. The molecule has 0 heterocycles. The molecule has 10 heavy (non-hydrogen) atoms. The summed E-state index contributed by atoms with van der Waals surface area (Å²) in [6.45, 7) is 6.92. The summed E-state index contributed by atoms with van der Waals surface area (Å²) in [5.74, 6) is -0.116. The van der Waals surface area contributed by atoms with Crippen molar-refractivity contribution in [3.63, 3.8) is 0 Å². The molecule has 0 radical (unpaired) electrons. The topological polar surface area (TPSA) is 43.1 Å². The van der Waals surface area contributed by atoms with E-state index in [1.807, 2.05) is 0 Å². The molecule has 0 aromatic carbocycles. The normalized spacial score (nSPS) is 10.7. The van der Waals surface area contributed by atoms with Crippen LogP contribution >= 0.6 is 0 Å². The van der Waals surface area contributed by atoms with Gasteiger partial charge in [-0.05, 0) is 0 Å². The Morgan fingerprint density at radius 3 is 2.40 bits per heavy atom. The zero-order valence-electron chi connectivity index (χ0n) is 5.84. The van der Waals surface area contributed by atoms with Crippen molar-refractivity contribution in [3.8, 4) is 0 Å². The number of hydrogen-bond acceptors (Lipinski definition) is 2. The lowest BCUT2D eigenvalue weighted by molar-refractivity contribution is -0.114. The van der Waals surface area contributed by atoms with Gasteiger partial charge in [0.15, 0.2) is 5.78 Å². The Hall–Kier alpha value is -1.15. The van der Waals surface area contributed by atoms with Crippen molar-refractivity contribution in [3.05, 3.63) is 37.0 Å². The summed E-state index contributed by atoms with van der Waals surface area (Å²) in [6.07, 6.45) is 4.59. The van der Waals surface area contributed by atoms with Crippen LogP contribution in [0.15, 0.2) is 37.0 Å². The van der Waals surface area contributed by atoms with Gasteiger partial charge in [-0.3, -0.25) is 4.79 Å². The highest BCUT2D eigenvalue weighted by Crippen LogP contribution is 1.95. The second-order valence-electron chi connectivity index (χ2n) is 1.69. The Kier molecular flexibility index (Phi) is 4.16. The van der Waals surface area contributed by atoms with Crippen LogP contribution in [0.2, 0.25) is 0 Å². The number of hydrogen-bond donors (Lipinski definition) is 1. The quantitative estimate of drug-likeness (QED) is 0.460. The van der Waals surface area contributed by atoms with Crippen LogP contribution < -0.4 is 5.73 Å². The van der Waals surface area contributed by atoms with Gasteiger partial charge in [-0.15, -0.1) is 0 Å². The van der Waals surface area contributed by atoms with Crippen molar-refractivity contribution in [1.29, 1.82) is 0 Å². The summed E-state index contributed by atoms with van der Waals surface area (Å²) in [6, 6.07) is 0. The molecule has 0 aliphatic carbocycles. The van der Waals surface area contributed by atoms with Crippen molar-refractivity contribution in [2.75, 3.05) is 6.54 Å². The second kappa shape index (κ2) is 4.70. The molecule has 0 fully saturated rings. The molecule has 0 atom stereocenters. The Bertz CT molecular complexity index is 180. The van der Waals surface area contributed by atoms with E-state index in [2.05, 4.69) is 13.2 Å². The summed E-state index contributed by atoms with van der Waals surface area (Å²) in [4.78, 5) is 10.8. The van der Waals surface area contributed by atoms with Crippen LogP contribution in [0.1, 0.15) is 0 Å². The van der Waals surface area contributed by atoms with E-state index < -0.39 is 0 Å². The molecule has 0 unspecified atom stereocenters. The minimum absolute atomic E-state index is 0.0195. The van der Waals surface area contributed by atoms with Crippen LogP contribution in [0.3, 0.4) is 0 Å². The number of Topliss-reactive ketones (excluding diaryl/α,β-unsaturated/α-hetero) is 1. The van der Waals surface area contributed by atoms with Crippen LogP contribution in [0, 0.1) is 0 Å². The average molecular weight is 137 g/mol. The maximum atomic E-state index is 10.8. The Morgan fingerprint density at radius 1 is 1.50 bits per heavy atom. The predicted octanol–water partition coefficient (Wildman–Crippen LogP) is 0.813. The first-order chi connectivity index (χ1) is 4.76. The van der Waals surface area contributed by atoms with Gasteiger partial charge >= 0.3 is 0 Å². The lowest BCUT2D eigenvalue weighted by Gasteiger charge is -1.93. The zero-order valence-corrected chi connectivity index (χ0v) is 5.84. The predicted molar refractivity (Wildman–Crippen MR) is 42.5 cm³/mol. The van der Waals surface area contributed by atoms with E-state index in [4.69, 9.17) is 5.73 Å². The van der Waals surface area contributed by atoms with E-state index in [0.717, 1.165) is 0 Å². The zero-order chi connectivity index (χ0) is 7.98. The number of rotatable bonds is 4. The highest BCUT2D eigenvalue weighted by Gasteiger charge is 1.99. The molecule has 54 valence electrons. The van der Waals surface area contributed by atoms with Gasteiger partial charge in [-0.25, -0.2) is 0 Å². The van der Waals surface area contributed by atoms with Gasteiger partial charge in [0, 0.05) is 5.57 Å². The van der Waals surface area contributed by atoms with Crippen molar-refractivity contribution in [2.24, 2.45) is 5.73 Å². The molecule has 0 saturated heterocycles. The number of carbonyl (C=O) groups excluding carboxylic acids is 1. The summed E-state index contributed by atoms with van der Waals surface area (Å²) in [5.41, 5.74) is 5.62. The molecule has 0 saturated carbocycles. The molecule has 0 aromatic rings. The maximum Gasteiger partial charge on any atom is 0.176 e. The van der Waals surface area contributed by atoms with Gasteiger partial charge in [0.05, 0.1) is 6.54 Å². The standard InChI is InChI=1S/C8H11NO/c1-3-5-7(4-2)8(10)6-9/h3-5H,1-2,6,9H2/b7-5+. The summed E-state index contributed by atoms with van der Waals surface area (Å²) < 4.78 is 0. The van der Waals surface area contributed by atoms with E-state index in [-0.39, 0.29) is 12.3 Å². The molecule has 0 rings (SSSR count). The van der Waals surface area contributed by atoms with Gasteiger partial charge in [0.1, 0.15) is 0 Å². The average Bonchev–Trinajstić information content (AvgIpc) is 1.99. The first kappa shape index (κ1) is 8.85. The molecule has 0 amide bonds. The lowest BCUT2D eigenvalue weighted by atomic mass is 10.1. The van der Waals surface area contributed by atoms with E-state index in [1.165, 1.54) is 12.2 Å². The Balaban J connectivity index is 4.34. The lowest BCUT2D eigenvalue weighted by Crippen LogP contribution is -2.14. The number of carbonyl (C=O) groups is 1. The van der Waals surface area contributed by atoms with E-state index in [1.54, 1.807) is 6.08 Å². The monoisotopic (exact) mass is 137 g/mol. The third-order valence-electron chi connectivity index (χ3n) is 1.02. The second-order valence-corrected chi connectivity index (χ2v) is 1.69. The highest BCUT2D eigenvalue weighted by atomic mass is 16.1. The number of nitrogens with two attached hydrogens (primary N) is 1. The van der Waals surface area contributed by atoms with E-state index >= 15 is 0 Å². The molecular formula is C8H11NO. The van der Waals surface area contributed by atoms with E-state index in [9.17, 15) is 4.79 Å². The molecule has 0 aromatic heterocycles. The largest absolute Gasteiger partial charge is 0.324 e. The van der Waals surface area contributed by atoms with Gasteiger partial charge in [-0.2, -0.15) is 0 Å². The third-order valence-corrected chi connectivity index (χ3v) is 1.02. The van der Waals surface area contributed by atoms with Crippen LogP contribution in [-0.4, -0.2) is 12.3 Å². The van der Waals surface area contributed by atoms with Gasteiger partial charge < -0.3 is 5.73 Å².